The Hall–Kier alpha value is -1.13. The van der Waals surface area contributed by atoms with E-state index in [0.717, 1.165) is 15.4 Å². The number of fused-ring (bicyclic) bond motifs is 2. The normalized spacial score (nSPS) is 11.2. The predicted molar refractivity (Wildman–Crippen MR) is 80.3 cm³/mol. The highest BCUT2D eigenvalue weighted by atomic mass is 79.9. The van der Waals surface area contributed by atoms with Gasteiger partial charge >= 0.3 is 0 Å². The Morgan fingerprint density at radius 2 is 1.83 bits per heavy atom. The van der Waals surface area contributed by atoms with Gasteiger partial charge in [-0.05, 0) is 35.9 Å². The average molecular weight is 368 g/mol. The van der Waals surface area contributed by atoms with Gasteiger partial charge in [-0.1, -0.05) is 37.9 Å². The monoisotopic (exact) mass is 366 g/mol. The molecule has 0 aliphatic rings. The van der Waals surface area contributed by atoms with Crippen LogP contribution >= 0.6 is 31.9 Å². The smallest absolute Gasteiger partial charge is 0.200 e. The quantitative estimate of drug-likeness (QED) is 0.464. The standard InChI is InChI=1S/C14H8Br2O2/c15-7-8-1-4-12-11(5-8)14(17)10-3-2-9(16)6-13(10)18-12/h1-6H,7H2. The Balaban J connectivity index is 2.48. The molecule has 0 radical (unpaired) electrons. The number of benzene rings is 2. The van der Waals surface area contributed by atoms with Gasteiger partial charge in [0, 0.05) is 9.80 Å². The molecular formula is C14H8Br2O2. The van der Waals surface area contributed by atoms with E-state index in [1.807, 2.05) is 30.3 Å². The molecule has 4 heteroatoms. The fraction of sp³-hybridized carbons (Fsp3) is 0.0714. The number of hydrogen-bond donors (Lipinski definition) is 0. The fourth-order valence-electron chi connectivity index (χ4n) is 1.96. The molecule has 90 valence electrons. The third-order valence-corrected chi connectivity index (χ3v) is 3.99. The van der Waals surface area contributed by atoms with Crippen molar-refractivity contribution >= 4 is 53.8 Å². The van der Waals surface area contributed by atoms with Crippen LogP contribution < -0.4 is 5.43 Å². The van der Waals surface area contributed by atoms with E-state index in [2.05, 4.69) is 31.9 Å². The van der Waals surface area contributed by atoms with Crippen molar-refractivity contribution < 1.29 is 4.42 Å². The maximum atomic E-state index is 12.4. The Morgan fingerprint density at radius 3 is 2.61 bits per heavy atom. The van der Waals surface area contributed by atoms with Gasteiger partial charge in [-0.25, -0.2) is 0 Å². The average Bonchev–Trinajstić information content (AvgIpc) is 2.38. The van der Waals surface area contributed by atoms with Crippen LogP contribution in [-0.2, 0) is 5.33 Å². The Bertz CT molecular complexity index is 806. The molecule has 3 rings (SSSR count). The van der Waals surface area contributed by atoms with Crippen LogP contribution in [0.25, 0.3) is 21.9 Å². The highest BCUT2D eigenvalue weighted by molar-refractivity contribution is 9.10. The molecule has 2 nitrogen and oxygen atoms in total. The highest BCUT2D eigenvalue weighted by Crippen LogP contribution is 2.23. The SMILES string of the molecule is O=c1c2ccc(Br)cc2oc2ccc(CBr)cc12. The number of hydrogen-bond acceptors (Lipinski definition) is 2. The molecule has 0 atom stereocenters. The summed E-state index contributed by atoms with van der Waals surface area (Å²) in [6.45, 7) is 0. The summed E-state index contributed by atoms with van der Waals surface area (Å²) in [4.78, 5) is 12.4. The molecule has 0 spiro atoms. The zero-order valence-corrected chi connectivity index (χ0v) is 12.4. The summed E-state index contributed by atoms with van der Waals surface area (Å²) in [6, 6.07) is 11.1. The first-order valence-corrected chi connectivity index (χ1v) is 7.31. The Kier molecular flexibility index (Phi) is 2.99. The summed E-state index contributed by atoms with van der Waals surface area (Å²) < 4.78 is 6.66. The van der Waals surface area contributed by atoms with Crippen LogP contribution in [0.15, 0.2) is 50.1 Å². The predicted octanol–water partition coefficient (Wildman–Crippen LogP) is 4.60. The van der Waals surface area contributed by atoms with Crippen LogP contribution in [0.2, 0.25) is 0 Å². The fourth-order valence-corrected chi connectivity index (χ4v) is 2.65. The van der Waals surface area contributed by atoms with Crippen molar-refractivity contribution in [1.29, 1.82) is 0 Å². The zero-order valence-electron chi connectivity index (χ0n) is 9.24. The van der Waals surface area contributed by atoms with Crippen LogP contribution in [0.1, 0.15) is 5.56 Å². The summed E-state index contributed by atoms with van der Waals surface area (Å²) in [5, 5.41) is 1.96. The molecule has 0 saturated heterocycles. The van der Waals surface area contributed by atoms with Gasteiger partial charge in [0.1, 0.15) is 11.2 Å². The zero-order chi connectivity index (χ0) is 12.7. The first-order chi connectivity index (χ1) is 8.69. The van der Waals surface area contributed by atoms with Crippen molar-refractivity contribution in [3.63, 3.8) is 0 Å². The van der Waals surface area contributed by atoms with Crippen molar-refractivity contribution in [2.75, 3.05) is 0 Å². The van der Waals surface area contributed by atoms with Crippen LogP contribution in [0.3, 0.4) is 0 Å². The molecule has 18 heavy (non-hydrogen) atoms. The van der Waals surface area contributed by atoms with E-state index in [1.54, 1.807) is 6.07 Å². The molecular weight excluding hydrogens is 360 g/mol. The summed E-state index contributed by atoms with van der Waals surface area (Å²) in [5.41, 5.74) is 2.30. The Labute approximate surface area is 120 Å². The maximum Gasteiger partial charge on any atom is 0.200 e. The van der Waals surface area contributed by atoms with E-state index in [9.17, 15) is 4.79 Å². The van der Waals surface area contributed by atoms with Crippen molar-refractivity contribution in [2.24, 2.45) is 0 Å². The molecule has 3 aromatic rings. The lowest BCUT2D eigenvalue weighted by Crippen LogP contribution is -2.02. The van der Waals surface area contributed by atoms with Crippen LogP contribution in [0.5, 0.6) is 0 Å². The second-order valence-corrected chi connectivity index (χ2v) is 5.51. The van der Waals surface area contributed by atoms with Gasteiger partial charge in [0.05, 0.1) is 10.8 Å². The van der Waals surface area contributed by atoms with E-state index in [4.69, 9.17) is 4.42 Å². The second-order valence-electron chi connectivity index (χ2n) is 4.04. The number of rotatable bonds is 1. The van der Waals surface area contributed by atoms with Crippen molar-refractivity contribution in [2.45, 2.75) is 5.33 Å². The molecule has 0 amide bonds. The van der Waals surface area contributed by atoms with Crippen molar-refractivity contribution in [3.05, 3.63) is 56.7 Å². The van der Waals surface area contributed by atoms with Gasteiger partial charge < -0.3 is 4.42 Å². The van der Waals surface area contributed by atoms with Gasteiger partial charge in [-0.3, -0.25) is 4.79 Å². The summed E-state index contributed by atoms with van der Waals surface area (Å²) in [6.07, 6.45) is 0. The van der Waals surface area contributed by atoms with E-state index in [1.165, 1.54) is 0 Å². The molecule has 0 unspecified atom stereocenters. The largest absolute Gasteiger partial charge is 0.456 e. The minimum Gasteiger partial charge on any atom is -0.456 e. The van der Waals surface area contributed by atoms with Crippen LogP contribution in [-0.4, -0.2) is 0 Å². The van der Waals surface area contributed by atoms with Crippen LogP contribution in [0, 0.1) is 0 Å². The second kappa shape index (κ2) is 4.52. The first kappa shape index (κ1) is 11.9. The highest BCUT2D eigenvalue weighted by Gasteiger charge is 2.08. The van der Waals surface area contributed by atoms with Gasteiger partial charge in [-0.15, -0.1) is 0 Å². The summed E-state index contributed by atoms with van der Waals surface area (Å²) in [7, 11) is 0. The maximum absolute atomic E-state index is 12.4. The minimum absolute atomic E-state index is 0.0153. The minimum atomic E-state index is 0.0153. The Morgan fingerprint density at radius 1 is 1.00 bits per heavy atom. The van der Waals surface area contributed by atoms with E-state index in [0.29, 0.717) is 21.9 Å². The lowest BCUT2D eigenvalue weighted by atomic mass is 10.1. The first-order valence-electron chi connectivity index (χ1n) is 5.40. The van der Waals surface area contributed by atoms with E-state index < -0.39 is 0 Å². The third-order valence-electron chi connectivity index (χ3n) is 2.85. The molecule has 0 bridgehead atoms. The molecule has 0 aliphatic carbocycles. The summed E-state index contributed by atoms with van der Waals surface area (Å²) >= 11 is 6.76. The lowest BCUT2D eigenvalue weighted by molar-refractivity contribution is 0.659. The number of halogens is 2. The lowest BCUT2D eigenvalue weighted by Gasteiger charge is -2.03. The van der Waals surface area contributed by atoms with E-state index >= 15 is 0 Å². The molecule has 2 aromatic carbocycles. The van der Waals surface area contributed by atoms with Gasteiger partial charge in [0.25, 0.3) is 0 Å². The topological polar surface area (TPSA) is 30.2 Å². The van der Waals surface area contributed by atoms with Gasteiger partial charge in [0.15, 0.2) is 0 Å². The third kappa shape index (κ3) is 1.89. The summed E-state index contributed by atoms with van der Waals surface area (Å²) in [5.74, 6) is 0. The molecule has 0 aliphatic heterocycles. The molecule has 0 fully saturated rings. The molecule has 0 saturated carbocycles. The van der Waals surface area contributed by atoms with E-state index in [-0.39, 0.29) is 5.43 Å². The van der Waals surface area contributed by atoms with Crippen molar-refractivity contribution in [3.8, 4) is 0 Å². The molecule has 1 aromatic heterocycles. The number of alkyl halides is 1. The molecule has 0 N–H and O–H groups in total. The molecule has 1 heterocycles. The van der Waals surface area contributed by atoms with Gasteiger partial charge in [-0.2, -0.15) is 0 Å². The van der Waals surface area contributed by atoms with Crippen LogP contribution in [0.4, 0.5) is 0 Å². The van der Waals surface area contributed by atoms with Gasteiger partial charge in [0.2, 0.25) is 5.43 Å². The van der Waals surface area contributed by atoms with Crippen molar-refractivity contribution in [1.82, 2.24) is 0 Å².